The van der Waals surface area contributed by atoms with Crippen LogP contribution in [-0.4, -0.2) is 16.5 Å². The molecule has 3 nitrogen and oxygen atoms in total. The first-order valence-corrected chi connectivity index (χ1v) is 7.79. The van der Waals surface area contributed by atoms with Gasteiger partial charge in [-0.15, -0.1) is 0 Å². The average Bonchev–Trinajstić information content (AvgIpc) is 3.02. The van der Waals surface area contributed by atoms with Crippen LogP contribution in [0.5, 0.6) is 0 Å². The van der Waals surface area contributed by atoms with Crippen molar-refractivity contribution in [1.29, 1.82) is 0 Å². The summed E-state index contributed by atoms with van der Waals surface area (Å²) in [5, 5.41) is 0. The lowest BCUT2D eigenvalue weighted by Gasteiger charge is -2.29. The lowest BCUT2D eigenvalue weighted by molar-refractivity contribution is -0.137. The van der Waals surface area contributed by atoms with Crippen molar-refractivity contribution in [3.63, 3.8) is 0 Å². The number of hydrogen-bond donors (Lipinski definition) is 0. The molecule has 2 aromatic carbocycles. The van der Waals surface area contributed by atoms with Crippen molar-refractivity contribution in [1.82, 2.24) is 4.90 Å². The molecule has 22 heavy (non-hydrogen) atoms. The van der Waals surface area contributed by atoms with Crippen LogP contribution in [0.2, 0.25) is 0 Å². The first kappa shape index (κ1) is 13.5. The maximum absolute atomic E-state index is 12.5. The molecule has 1 amide bonds. The van der Waals surface area contributed by atoms with E-state index in [1.807, 2.05) is 48.2 Å². The van der Waals surface area contributed by atoms with E-state index in [-0.39, 0.29) is 18.1 Å². The molecule has 112 valence electrons. The van der Waals surface area contributed by atoms with Gasteiger partial charge in [-0.3, -0.25) is 4.79 Å². The fraction of sp³-hybridized carbons (Fsp3) is 0.316. The maximum atomic E-state index is 12.5. The van der Waals surface area contributed by atoms with E-state index < -0.39 is 5.72 Å². The Morgan fingerprint density at radius 2 is 1.59 bits per heavy atom. The number of ether oxygens (including phenoxy) is 1. The molecule has 0 aromatic heterocycles. The normalized spacial score (nSPS) is 30.6. The first-order valence-electron chi connectivity index (χ1n) is 7.79. The fourth-order valence-corrected chi connectivity index (χ4v) is 3.75. The average molecular weight is 293 g/mol. The first-order chi connectivity index (χ1) is 10.7. The molecule has 0 N–H and O–H groups in total. The van der Waals surface area contributed by atoms with E-state index in [2.05, 4.69) is 24.3 Å². The topological polar surface area (TPSA) is 29.5 Å². The third kappa shape index (κ3) is 1.97. The molecule has 2 aliphatic rings. The molecule has 0 aliphatic carbocycles. The smallest absolute Gasteiger partial charge is 0.225 e. The van der Waals surface area contributed by atoms with Crippen LogP contribution in [0.15, 0.2) is 60.7 Å². The zero-order chi connectivity index (χ0) is 15.2. The highest BCUT2D eigenvalue weighted by Gasteiger charge is 2.56. The van der Waals surface area contributed by atoms with E-state index in [0.29, 0.717) is 6.42 Å². The highest BCUT2D eigenvalue weighted by Crippen LogP contribution is 2.53. The van der Waals surface area contributed by atoms with Gasteiger partial charge in [0.05, 0.1) is 6.04 Å². The molecule has 0 spiro atoms. The number of carbonyl (C=O) groups excluding carboxylic acids is 1. The number of amides is 1. The molecular weight excluding hydrogens is 274 g/mol. The summed E-state index contributed by atoms with van der Waals surface area (Å²) < 4.78 is 6.40. The fourth-order valence-electron chi connectivity index (χ4n) is 3.75. The van der Waals surface area contributed by atoms with Gasteiger partial charge < -0.3 is 9.64 Å². The number of nitrogens with zero attached hydrogens (tertiary/aromatic N) is 1. The Morgan fingerprint density at radius 1 is 1.00 bits per heavy atom. The molecular formula is C19H19NO2. The molecule has 2 aliphatic heterocycles. The lowest BCUT2D eigenvalue weighted by Crippen LogP contribution is -2.39. The van der Waals surface area contributed by atoms with E-state index in [1.54, 1.807) is 0 Å². The number of hydrogen-bond acceptors (Lipinski definition) is 2. The highest BCUT2D eigenvalue weighted by molar-refractivity contribution is 5.80. The van der Waals surface area contributed by atoms with Gasteiger partial charge in [0, 0.05) is 12.8 Å². The quantitative estimate of drug-likeness (QED) is 0.842. The Labute approximate surface area is 130 Å². The zero-order valence-corrected chi connectivity index (χ0v) is 12.6. The summed E-state index contributed by atoms with van der Waals surface area (Å²) in [4.78, 5) is 14.4. The molecule has 2 heterocycles. The molecule has 0 saturated carbocycles. The summed E-state index contributed by atoms with van der Waals surface area (Å²) in [6.07, 6.45) is 1.22. The predicted molar refractivity (Wildman–Crippen MR) is 83.9 cm³/mol. The SMILES string of the molecule is CC12CCC(=O)N1[C@@H](c1ccccc1)[C@@H](c1ccccc1)O2. The van der Waals surface area contributed by atoms with E-state index in [4.69, 9.17) is 4.74 Å². The number of fused-ring (bicyclic) bond motifs is 1. The summed E-state index contributed by atoms with van der Waals surface area (Å²) in [5.74, 6) is 0.190. The van der Waals surface area contributed by atoms with Gasteiger partial charge in [0.15, 0.2) is 0 Å². The minimum Gasteiger partial charge on any atom is -0.345 e. The van der Waals surface area contributed by atoms with Crippen molar-refractivity contribution in [3.05, 3.63) is 71.8 Å². The van der Waals surface area contributed by atoms with Crippen molar-refractivity contribution < 1.29 is 9.53 Å². The van der Waals surface area contributed by atoms with Crippen molar-refractivity contribution in [2.45, 2.75) is 37.6 Å². The molecule has 2 saturated heterocycles. The summed E-state index contributed by atoms with van der Waals surface area (Å²) in [6, 6.07) is 20.4. The van der Waals surface area contributed by atoms with Crippen molar-refractivity contribution in [3.8, 4) is 0 Å². The molecule has 4 rings (SSSR count). The van der Waals surface area contributed by atoms with Gasteiger partial charge >= 0.3 is 0 Å². The molecule has 0 bridgehead atoms. The molecule has 0 radical (unpaired) electrons. The largest absolute Gasteiger partial charge is 0.345 e. The summed E-state index contributed by atoms with van der Waals surface area (Å²) >= 11 is 0. The van der Waals surface area contributed by atoms with Gasteiger partial charge in [-0.25, -0.2) is 0 Å². The molecule has 2 fully saturated rings. The van der Waals surface area contributed by atoms with Crippen LogP contribution in [0.4, 0.5) is 0 Å². The molecule has 3 heteroatoms. The second-order valence-electron chi connectivity index (χ2n) is 6.24. The Morgan fingerprint density at radius 3 is 2.23 bits per heavy atom. The minimum absolute atomic E-state index is 0.0522. The van der Waals surface area contributed by atoms with Crippen LogP contribution < -0.4 is 0 Å². The Kier molecular flexibility index (Phi) is 3.05. The van der Waals surface area contributed by atoms with Gasteiger partial charge in [-0.05, 0) is 18.1 Å². The van der Waals surface area contributed by atoms with E-state index in [0.717, 1.165) is 17.5 Å². The zero-order valence-electron chi connectivity index (χ0n) is 12.6. The second kappa shape index (κ2) is 4.96. The van der Waals surface area contributed by atoms with Crippen LogP contribution in [0.3, 0.4) is 0 Å². The van der Waals surface area contributed by atoms with Gasteiger partial charge in [0.25, 0.3) is 0 Å². The Bertz CT molecular complexity index is 685. The number of carbonyl (C=O) groups is 1. The molecule has 1 unspecified atom stereocenters. The van der Waals surface area contributed by atoms with Crippen LogP contribution in [-0.2, 0) is 9.53 Å². The van der Waals surface area contributed by atoms with Gasteiger partial charge in [0.2, 0.25) is 5.91 Å². The second-order valence-corrected chi connectivity index (χ2v) is 6.24. The van der Waals surface area contributed by atoms with E-state index in [1.165, 1.54) is 0 Å². The van der Waals surface area contributed by atoms with Crippen LogP contribution >= 0.6 is 0 Å². The number of rotatable bonds is 2. The number of benzene rings is 2. The van der Waals surface area contributed by atoms with E-state index in [9.17, 15) is 4.79 Å². The van der Waals surface area contributed by atoms with Crippen LogP contribution in [0.25, 0.3) is 0 Å². The van der Waals surface area contributed by atoms with Crippen molar-refractivity contribution in [2.75, 3.05) is 0 Å². The standard InChI is InChI=1S/C19H19NO2/c1-19-13-12-16(21)20(19)17(14-8-4-2-5-9-14)18(22-19)15-10-6-3-7-11-15/h2-11,17-18H,12-13H2,1H3/t17-,18+,19?/m0/s1. The highest BCUT2D eigenvalue weighted by atomic mass is 16.5. The van der Waals surface area contributed by atoms with Gasteiger partial charge in [-0.2, -0.15) is 0 Å². The predicted octanol–water partition coefficient (Wildman–Crippen LogP) is 3.84. The van der Waals surface area contributed by atoms with Crippen molar-refractivity contribution >= 4 is 5.91 Å². The van der Waals surface area contributed by atoms with Crippen LogP contribution in [0.1, 0.15) is 43.0 Å². The maximum Gasteiger partial charge on any atom is 0.225 e. The Balaban J connectivity index is 1.83. The minimum atomic E-state index is -0.488. The third-order valence-electron chi connectivity index (χ3n) is 4.80. The molecule has 2 aromatic rings. The third-order valence-corrected chi connectivity index (χ3v) is 4.80. The van der Waals surface area contributed by atoms with Crippen LogP contribution in [0, 0.1) is 0 Å². The van der Waals surface area contributed by atoms with Crippen molar-refractivity contribution in [2.24, 2.45) is 0 Å². The lowest BCUT2D eigenvalue weighted by atomic mass is 9.95. The van der Waals surface area contributed by atoms with Gasteiger partial charge in [0.1, 0.15) is 11.8 Å². The summed E-state index contributed by atoms with van der Waals surface area (Å²) in [5.41, 5.74) is 1.77. The van der Waals surface area contributed by atoms with Gasteiger partial charge in [-0.1, -0.05) is 60.7 Å². The summed E-state index contributed by atoms with van der Waals surface area (Å²) in [6.45, 7) is 2.04. The van der Waals surface area contributed by atoms with E-state index >= 15 is 0 Å². The Hall–Kier alpha value is -2.13. The monoisotopic (exact) mass is 293 g/mol. The summed E-state index contributed by atoms with van der Waals surface area (Å²) in [7, 11) is 0. The molecule has 3 atom stereocenters.